The quantitative estimate of drug-likeness (QED) is 0.494. The van der Waals surface area contributed by atoms with Gasteiger partial charge in [0, 0.05) is 10.0 Å². The van der Waals surface area contributed by atoms with E-state index in [0.717, 1.165) is 10.0 Å². The summed E-state index contributed by atoms with van der Waals surface area (Å²) in [5.74, 6) is 0. The van der Waals surface area contributed by atoms with E-state index in [4.69, 9.17) is 17.3 Å². The number of nitrogens with two attached hydrogens (primary N) is 1. The molecule has 68 valence electrons. The highest BCUT2D eigenvalue weighted by molar-refractivity contribution is 9.10. The van der Waals surface area contributed by atoms with Crippen molar-refractivity contribution >= 4 is 44.6 Å². The molecule has 4 heteroatoms. The topological polar surface area (TPSA) is 38.4 Å². The van der Waals surface area contributed by atoms with E-state index in [1.807, 2.05) is 18.2 Å². The smallest absolute Gasteiger partial charge is 0.193 e. The third-order valence-electron chi connectivity index (χ3n) is 1.46. The molecule has 2 N–H and O–H groups in total. The Bertz CT molecular complexity index is 357. The van der Waals surface area contributed by atoms with Crippen molar-refractivity contribution in [3.63, 3.8) is 0 Å². The maximum Gasteiger partial charge on any atom is 0.193 e. The number of halogens is 2. The Balaban J connectivity index is 3.31. The average molecular weight is 260 g/mol. The lowest BCUT2D eigenvalue weighted by Crippen LogP contribution is -2.00. The van der Waals surface area contributed by atoms with Gasteiger partial charge in [0.2, 0.25) is 0 Å². The fraction of sp³-hybridized carbons (Fsp3) is 0. The molecule has 1 aromatic carbocycles. The first-order chi connectivity index (χ1) is 6.15. The molecule has 0 aliphatic rings. The number of rotatable bonds is 2. The van der Waals surface area contributed by atoms with Crippen LogP contribution in [0.4, 0.5) is 5.69 Å². The first-order valence-corrected chi connectivity index (χ1v) is 4.73. The predicted molar refractivity (Wildman–Crippen MR) is 61.4 cm³/mol. The van der Waals surface area contributed by atoms with Gasteiger partial charge in [0.15, 0.2) is 5.29 Å². The molecular formula is C9H8BrClN2. The number of hydrogen-bond donors (Lipinski definition) is 1. The summed E-state index contributed by atoms with van der Waals surface area (Å²) in [5, 5.41) is 0.00926. The fourth-order valence-corrected chi connectivity index (χ4v) is 1.48. The molecule has 0 saturated carbocycles. The van der Waals surface area contributed by atoms with Crippen LogP contribution in [0.3, 0.4) is 0 Å². The lowest BCUT2D eigenvalue weighted by atomic mass is 10.2. The van der Waals surface area contributed by atoms with Gasteiger partial charge in [-0.15, -0.1) is 0 Å². The Morgan fingerprint density at radius 3 is 2.85 bits per heavy atom. The summed E-state index contributed by atoms with van der Waals surface area (Å²) < 4.78 is 0.841. The van der Waals surface area contributed by atoms with Gasteiger partial charge in [-0.2, -0.15) is 0 Å². The zero-order valence-electron chi connectivity index (χ0n) is 6.80. The van der Waals surface area contributed by atoms with Crippen molar-refractivity contribution in [2.75, 3.05) is 0 Å². The Morgan fingerprint density at radius 2 is 2.31 bits per heavy atom. The lowest BCUT2D eigenvalue weighted by Gasteiger charge is -2.02. The van der Waals surface area contributed by atoms with Gasteiger partial charge < -0.3 is 5.73 Å². The molecule has 0 radical (unpaired) electrons. The molecule has 0 saturated heterocycles. The van der Waals surface area contributed by atoms with Gasteiger partial charge in [-0.1, -0.05) is 24.8 Å². The largest absolute Gasteiger partial charge is 0.374 e. The summed E-state index contributed by atoms with van der Waals surface area (Å²) in [4.78, 5) is 3.97. The molecule has 1 aromatic rings. The first-order valence-electron chi connectivity index (χ1n) is 3.55. The molecule has 13 heavy (non-hydrogen) atoms. The van der Waals surface area contributed by atoms with Crippen molar-refractivity contribution in [1.29, 1.82) is 0 Å². The van der Waals surface area contributed by atoms with Crippen LogP contribution in [0, 0.1) is 0 Å². The molecule has 0 unspecified atom stereocenters. The molecule has 0 aromatic heterocycles. The van der Waals surface area contributed by atoms with E-state index >= 15 is 0 Å². The van der Waals surface area contributed by atoms with Crippen molar-refractivity contribution in [1.82, 2.24) is 0 Å². The van der Waals surface area contributed by atoms with E-state index in [-0.39, 0.29) is 5.29 Å². The monoisotopic (exact) mass is 258 g/mol. The molecule has 0 aliphatic heterocycles. The minimum atomic E-state index is 0.00926. The van der Waals surface area contributed by atoms with Gasteiger partial charge in [0.1, 0.15) is 0 Å². The van der Waals surface area contributed by atoms with E-state index < -0.39 is 0 Å². The SMILES string of the molecule is C=Cc1cccc(Br)c1N=C(N)Cl. The van der Waals surface area contributed by atoms with Crippen LogP contribution in [-0.4, -0.2) is 5.29 Å². The number of benzene rings is 1. The first kappa shape index (κ1) is 10.3. The second-order valence-corrected chi connectivity index (χ2v) is 3.56. The second-order valence-electron chi connectivity index (χ2n) is 2.32. The molecule has 2 nitrogen and oxygen atoms in total. The van der Waals surface area contributed by atoms with Crippen LogP contribution in [0.5, 0.6) is 0 Å². The maximum absolute atomic E-state index is 5.49. The van der Waals surface area contributed by atoms with Crippen LogP contribution >= 0.6 is 27.5 Å². The molecule has 0 aliphatic carbocycles. The van der Waals surface area contributed by atoms with Crippen molar-refractivity contribution in [2.45, 2.75) is 0 Å². The van der Waals surface area contributed by atoms with E-state index in [1.54, 1.807) is 6.08 Å². The van der Waals surface area contributed by atoms with E-state index in [2.05, 4.69) is 27.5 Å². The highest BCUT2D eigenvalue weighted by Crippen LogP contribution is 2.30. The predicted octanol–water partition coefficient (Wildman–Crippen LogP) is 3.28. The molecule has 0 bridgehead atoms. The molecule has 0 spiro atoms. The van der Waals surface area contributed by atoms with Gasteiger partial charge in [-0.3, -0.25) is 0 Å². The zero-order chi connectivity index (χ0) is 9.84. The van der Waals surface area contributed by atoms with Gasteiger partial charge in [0.25, 0.3) is 0 Å². The maximum atomic E-state index is 5.49. The number of para-hydroxylation sites is 1. The highest BCUT2D eigenvalue weighted by Gasteiger charge is 2.02. The minimum Gasteiger partial charge on any atom is -0.374 e. The van der Waals surface area contributed by atoms with Gasteiger partial charge in [-0.25, -0.2) is 4.99 Å². The summed E-state index contributed by atoms with van der Waals surface area (Å²) in [6.45, 7) is 3.67. The van der Waals surface area contributed by atoms with Crippen molar-refractivity contribution in [3.8, 4) is 0 Å². The van der Waals surface area contributed by atoms with E-state index in [9.17, 15) is 0 Å². The molecule has 0 fully saturated rings. The summed E-state index contributed by atoms with van der Waals surface area (Å²) >= 11 is 8.83. The molecular weight excluding hydrogens is 251 g/mol. The fourth-order valence-electron chi connectivity index (χ4n) is 0.921. The molecule has 0 atom stereocenters. The Hall–Kier alpha value is -0.800. The molecule has 0 amide bonds. The van der Waals surface area contributed by atoms with Crippen molar-refractivity contribution in [2.24, 2.45) is 10.7 Å². The Kier molecular flexibility index (Phi) is 3.51. The normalized spacial score (nSPS) is 11.4. The molecule has 1 rings (SSSR count). The van der Waals surface area contributed by atoms with E-state index in [0.29, 0.717) is 5.69 Å². The third kappa shape index (κ3) is 2.57. The van der Waals surface area contributed by atoms with E-state index in [1.165, 1.54) is 0 Å². The second kappa shape index (κ2) is 4.44. The number of hydrogen-bond acceptors (Lipinski definition) is 1. The molecule has 0 heterocycles. The van der Waals surface area contributed by atoms with Gasteiger partial charge in [0.05, 0.1) is 5.69 Å². The van der Waals surface area contributed by atoms with Crippen LogP contribution in [0.2, 0.25) is 0 Å². The van der Waals surface area contributed by atoms with Crippen LogP contribution in [0.25, 0.3) is 6.08 Å². The Morgan fingerprint density at radius 1 is 1.62 bits per heavy atom. The van der Waals surface area contributed by atoms with Crippen LogP contribution in [0.15, 0.2) is 34.2 Å². The number of amidine groups is 1. The van der Waals surface area contributed by atoms with Crippen molar-refractivity contribution < 1.29 is 0 Å². The lowest BCUT2D eigenvalue weighted by molar-refractivity contribution is 1.46. The van der Waals surface area contributed by atoms with Gasteiger partial charge >= 0.3 is 0 Å². The van der Waals surface area contributed by atoms with Gasteiger partial charge in [-0.05, 0) is 33.6 Å². The highest BCUT2D eigenvalue weighted by atomic mass is 79.9. The summed E-state index contributed by atoms with van der Waals surface area (Å²) in [6, 6.07) is 5.65. The van der Waals surface area contributed by atoms with Crippen LogP contribution in [-0.2, 0) is 0 Å². The summed E-state index contributed by atoms with van der Waals surface area (Å²) in [6.07, 6.45) is 1.70. The average Bonchev–Trinajstić information content (AvgIpc) is 2.08. The van der Waals surface area contributed by atoms with Crippen LogP contribution < -0.4 is 5.73 Å². The standard InChI is InChI=1S/C9H8BrClN2/c1-2-6-4-3-5-7(10)8(6)13-9(11)12/h2-5H,1H2,(H2,12,13). The number of aliphatic imine (C=N–C) groups is 1. The minimum absolute atomic E-state index is 0.00926. The summed E-state index contributed by atoms with van der Waals surface area (Å²) in [5.41, 5.74) is 6.86. The van der Waals surface area contributed by atoms with Crippen LogP contribution in [0.1, 0.15) is 5.56 Å². The third-order valence-corrected chi connectivity index (χ3v) is 2.18. The number of nitrogens with zero attached hydrogens (tertiary/aromatic N) is 1. The summed E-state index contributed by atoms with van der Waals surface area (Å²) in [7, 11) is 0. The van der Waals surface area contributed by atoms with Crippen molar-refractivity contribution in [3.05, 3.63) is 34.8 Å². The Labute approximate surface area is 90.2 Å². The zero-order valence-corrected chi connectivity index (χ0v) is 9.14.